The Bertz CT molecular complexity index is 534. The van der Waals surface area contributed by atoms with Crippen molar-refractivity contribution in [3.63, 3.8) is 0 Å². The van der Waals surface area contributed by atoms with Crippen LogP contribution >= 0.6 is 0 Å². The van der Waals surface area contributed by atoms with Gasteiger partial charge in [0.15, 0.2) is 0 Å². The minimum atomic E-state index is -0.147. The van der Waals surface area contributed by atoms with Gasteiger partial charge in [-0.25, -0.2) is 0 Å². The number of hydrogen-bond acceptors (Lipinski definition) is 3. The Morgan fingerprint density at radius 2 is 1.48 bits per heavy atom. The Balaban J connectivity index is 1.87. The number of hydrogen-bond donors (Lipinski definition) is 1. The zero-order chi connectivity index (χ0) is 15.1. The Hall–Kier alpha value is -2.00. The average molecular weight is 285 g/mol. The van der Waals surface area contributed by atoms with Gasteiger partial charge in [0.05, 0.1) is 12.6 Å². The van der Waals surface area contributed by atoms with E-state index in [1.807, 2.05) is 48.5 Å². The predicted molar refractivity (Wildman–Crippen MR) is 85.8 cm³/mol. The van der Waals surface area contributed by atoms with E-state index in [9.17, 15) is 0 Å². The zero-order valence-electron chi connectivity index (χ0n) is 12.7. The highest BCUT2D eigenvalue weighted by molar-refractivity contribution is 5.30. The van der Waals surface area contributed by atoms with Crippen molar-refractivity contribution in [3.05, 3.63) is 59.7 Å². The second-order valence-corrected chi connectivity index (χ2v) is 5.15. The fourth-order valence-corrected chi connectivity index (χ4v) is 1.95. The Labute approximate surface area is 126 Å². The summed E-state index contributed by atoms with van der Waals surface area (Å²) in [7, 11) is 0. The standard InChI is InChI=1S/C18H23NO2/c1-3-12-20-16-10-6-15(7-11-16)18(19)13-21-17-8-4-14(2)5-9-17/h4-11,18H,3,12-13,19H2,1-2H3. The normalized spacial score (nSPS) is 12.0. The molecule has 0 aliphatic carbocycles. The van der Waals surface area contributed by atoms with Crippen LogP contribution in [0.1, 0.15) is 30.5 Å². The molecule has 21 heavy (non-hydrogen) atoms. The van der Waals surface area contributed by atoms with Crippen molar-refractivity contribution < 1.29 is 9.47 Å². The molecule has 0 aliphatic heterocycles. The highest BCUT2D eigenvalue weighted by atomic mass is 16.5. The van der Waals surface area contributed by atoms with E-state index in [0.717, 1.165) is 30.1 Å². The second-order valence-electron chi connectivity index (χ2n) is 5.15. The number of nitrogens with two attached hydrogens (primary N) is 1. The fourth-order valence-electron chi connectivity index (χ4n) is 1.95. The van der Waals surface area contributed by atoms with Gasteiger partial charge in [-0.15, -0.1) is 0 Å². The first-order valence-electron chi connectivity index (χ1n) is 7.37. The highest BCUT2D eigenvalue weighted by Crippen LogP contribution is 2.18. The van der Waals surface area contributed by atoms with Gasteiger partial charge >= 0.3 is 0 Å². The lowest BCUT2D eigenvalue weighted by molar-refractivity contribution is 0.290. The molecule has 0 aliphatic rings. The molecular weight excluding hydrogens is 262 g/mol. The van der Waals surface area contributed by atoms with E-state index < -0.39 is 0 Å². The van der Waals surface area contributed by atoms with Crippen molar-refractivity contribution in [2.45, 2.75) is 26.3 Å². The first kappa shape index (κ1) is 15.4. The number of rotatable bonds is 7. The van der Waals surface area contributed by atoms with Gasteiger partial charge in [-0.2, -0.15) is 0 Å². The highest BCUT2D eigenvalue weighted by Gasteiger charge is 2.07. The summed E-state index contributed by atoms with van der Waals surface area (Å²) in [6.07, 6.45) is 1.01. The van der Waals surface area contributed by atoms with Gasteiger partial charge in [-0.1, -0.05) is 36.8 Å². The average Bonchev–Trinajstić information content (AvgIpc) is 2.52. The molecule has 1 atom stereocenters. The summed E-state index contributed by atoms with van der Waals surface area (Å²) in [5.41, 5.74) is 8.42. The van der Waals surface area contributed by atoms with E-state index >= 15 is 0 Å². The van der Waals surface area contributed by atoms with Crippen molar-refractivity contribution in [1.82, 2.24) is 0 Å². The summed E-state index contributed by atoms with van der Waals surface area (Å²) < 4.78 is 11.3. The molecule has 0 fully saturated rings. The van der Waals surface area contributed by atoms with Gasteiger partial charge in [0.1, 0.15) is 18.1 Å². The van der Waals surface area contributed by atoms with Gasteiger partial charge in [0.25, 0.3) is 0 Å². The largest absolute Gasteiger partial charge is 0.494 e. The fraction of sp³-hybridized carbons (Fsp3) is 0.333. The third kappa shape index (κ3) is 4.80. The maximum atomic E-state index is 6.16. The molecule has 0 heterocycles. The van der Waals surface area contributed by atoms with Crippen LogP contribution in [-0.4, -0.2) is 13.2 Å². The summed E-state index contributed by atoms with van der Waals surface area (Å²) in [6.45, 7) is 5.34. The van der Waals surface area contributed by atoms with Crippen LogP contribution < -0.4 is 15.2 Å². The Morgan fingerprint density at radius 3 is 2.10 bits per heavy atom. The zero-order valence-corrected chi connectivity index (χ0v) is 12.7. The Morgan fingerprint density at radius 1 is 0.905 bits per heavy atom. The van der Waals surface area contributed by atoms with Gasteiger partial charge < -0.3 is 15.2 Å². The van der Waals surface area contributed by atoms with Crippen LogP contribution in [0.4, 0.5) is 0 Å². The molecule has 0 amide bonds. The monoisotopic (exact) mass is 285 g/mol. The summed E-state index contributed by atoms with van der Waals surface area (Å²) in [6, 6.07) is 15.7. The van der Waals surface area contributed by atoms with Crippen LogP contribution in [0.2, 0.25) is 0 Å². The maximum absolute atomic E-state index is 6.16. The summed E-state index contributed by atoms with van der Waals surface area (Å²) >= 11 is 0. The molecule has 1 unspecified atom stereocenters. The first-order valence-corrected chi connectivity index (χ1v) is 7.37. The maximum Gasteiger partial charge on any atom is 0.119 e. The van der Waals surface area contributed by atoms with Crippen molar-refractivity contribution in [3.8, 4) is 11.5 Å². The van der Waals surface area contributed by atoms with E-state index in [1.165, 1.54) is 5.56 Å². The Kier molecular flexibility index (Phi) is 5.64. The van der Waals surface area contributed by atoms with Crippen LogP contribution in [0.15, 0.2) is 48.5 Å². The lowest BCUT2D eigenvalue weighted by Crippen LogP contribution is -2.18. The van der Waals surface area contributed by atoms with E-state index in [1.54, 1.807) is 0 Å². The lowest BCUT2D eigenvalue weighted by Gasteiger charge is -2.14. The quantitative estimate of drug-likeness (QED) is 0.840. The number of ether oxygens (including phenoxy) is 2. The van der Waals surface area contributed by atoms with Crippen LogP contribution in [0, 0.1) is 6.92 Å². The number of aryl methyl sites for hydroxylation is 1. The van der Waals surface area contributed by atoms with E-state index in [0.29, 0.717) is 6.61 Å². The molecule has 0 spiro atoms. The molecule has 2 aromatic carbocycles. The summed E-state index contributed by atoms with van der Waals surface area (Å²) in [5.74, 6) is 1.73. The van der Waals surface area contributed by atoms with Crippen LogP contribution in [0.25, 0.3) is 0 Å². The van der Waals surface area contributed by atoms with Gasteiger partial charge in [0.2, 0.25) is 0 Å². The third-order valence-corrected chi connectivity index (χ3v) is 3.23. The molecule has 112 valence electrons. The molecule has 0 radical (unpaired) electrons. The molecule has 0 saturated carbocycles. The van der Waals surface area contributed by atoms with Crippen LogP contribution in [-0.2, 0) is 0 Å². The SMILES string of the molecule is CCCOc1ccc(C(N)COc2ccc(C)cc2)cc1. The number of benzene rings is 2. The smallest absolute Gasteiger partial charge is 0.119 e. The van der Waals surface area contributed by atoms with Crippen molar-refractivity contribution in [2.75, 3.05) is 13.2 Å². The van der Waals surface area contributed by atoms with Gasteiger partial charge in [0, 0.05) is 0 Å². The molecule has 3 nitrogen and oxygen atoms in total. The third-order valence-electron chi connectivity index (χ3n) is 3.23. The van der Waals surface area contributed by atoms with E-state index in [4.69, 9.17) is 15.2 Å². The predicted octanol–water partition coefficient (Wildman–Crippen LogP) is 3.86. The van der Waals surface area contributed by atoms with Crippen LogP contribution in [0.5, 0.6) is 11.5 Å². The van der Waals surface area contributed by atoms with Crippen LogP contribution in [0.3, 0.4) is 0 Å². The first-order chi connectivity index (χ1) is 10.2. The van der Waals surface area contributed by atoms with Gasteiger partial charge in [-0.3, -0.25) is 0 Å². The minimum Gasteiger partial charge on any atom is -0.494 e. The lowest BCUT2D eigenvalue weighted by atomic mass is 10.1. The molecule has 0 bridgehead atoms. The summed E-state index contributed by atoms with van der Waals surface area (Å²) in [5, 5.41) is 0. The molecule has 0 aromatic heterocycles. The topological polar surface area (TPSA) is 44.5 Å². The van der Waals surface area contributed by atoms with Crippen molar-refractivity contribution in [1.29, 1.82) is 0 Å². The molecule has 2 N–H and O–H groups in total. The molecular formula is C18H23NO2. The molecule has 0 saturated heterocycles. The van der Waals surface area contributed by atoms with Crippen molar-refractivity contribution >= 4 is 0 Å². The molecule has 2 aromatic rings. The summed E-state index contributed by atoms with van der Waals surface area (Å²) in [4.78, 5) is 0. The molecule has 3 heteroatoms. The van der Waals surface area contributed by atoms with E-state index in [-0.39, 0.29) is 6.04 Å². The second kappa shape index (κ2) is 7.70. The van der Waals surface area contributed by atoms with Crippen molar-refractivity contribution in [2.24, 2.45) is 5.73 Å². The molecule has 2 rings (SSSR count). The minimum absolute atomic E-state index is 0.147. The van der Waals surface area contributed by atoms with E-state index in [2.05, 4.69) is 13.8 Å². The van der Waals surface area contributed by atoms with Gasteiger partial charge in [-0.05, 0) is 43.2 Å².